The highest BCUT2D eigenvalue weighted by atomic mass is 79.9. The van der Waals surface area contributed by atoms with Gasteiger partial charge in [0.1, 0.15) is 0 Å². The van der Waals surface area contributed by atoms with Crippen LogP contribution in [0.1, 0.15) is 25.0 Å². The van der Waals surface area contributed by atoms with E-state index in [1.165, 1.54) is 11.1 Å². The first-order valence-corrected chi connectivity index (χ1v) is 7.68. The van der Waals surface area contributed by atoms with Crippen molar-refractivity contribution in [2.75, 3.05) is 31.5 Å². The highest BCUT2D eigenvalue weighted by Gasteiger charge is 2.10. The van der Waals surface area contributed by atoms with E-state index in [0.717, 1.165) is 23.2 Å². The Labute approximate surface area is 125 Å². The van der Waals surface area contributed by atoms with Gasteiger partial charge >= 0.3 is 0 Å². The van der Waals surface area contributed by atoms with E-state index in [9.17, 15) is 5.11 Å². The monoisotopic (exact) mass is 328 g/mol. The quantitative estimate of drug-likeness (QED) is 0.806. The SMILES string of the molecule is CCN(CC)CC(O)CNc1c(C)cc(Br)cc1C. The van der Waals surface area contributed by atoms with Crippen molar-refractivity contribution in [3.05, 3.63) is 27.7 Å². The average Bonchev–Trinajstić information content (AvgIpc) is 2.34. The molecule has 0 aromatic heterocycles. The van der Waals surface area contributed by atoms with E-state index >= 15 is 0 Å². The summed E-state index contributed by atoms with van der Waals surface area (Å²) in [4.78, 5) is 2.23. The number of anilines is 1. The average molecular weight is 329 g/mol. The molecule has 0 aliphatic heterocycles. The van der Waals surface area contributed by atoms with Crippen LogP contribution >= 0.6 is 15.9 Å². The van der Waals surface area contributed by atoms with E-state index < -0.39 is 0 Å². The summed E-state index contributed by atoms with van der Waals surface area (Å²) in [6, 6.07) is 4.18. The number of aliphatic hydroxyl groups is 1. The van der Waals surface area contributed by atoms with E-state index in [1.54, 1.807) is 0 Å². The first-order valence-electron chi connectivity index (χ1n) is 6.88. The van der Waals surface area contributed by atoms with Gasteiger partial charge in [-0.2, -0.15) is 0 Å². The number of benzene rings is 1. The number of nitrogens with zero attached hydrogens (tertiary/aromatic N) is 1. The van der Waals surface area contributed by atoms with Gasteiger partial charge < -0.3 is 15.3 Å². The van der Waals surface area contributed by atoms with Crippen molar-refractivity contribution in [2.24, 2.45) is 0 Å². The van der Waals surface area contributed by atoms with Gasteiger partial charge in [-0.15, -0.1) is 0 Å². The maximum atomic E-state index is 10.1. The van der Waals surface area contributed by atoms with Gasteiger partial charge in [-0.25, -0.2) is 0 Å². The topological polar surface area (TPSA) is 35.5 Å². The summed E-state index contributed by atoms with van der Waals surface area (Å²) in [6.07, 6.45) is -0.345. The van der Waals surface area contributed by atoms with Crippen molar-refractivity contribution in [3.8, 4) is 0 Å². The second-order valence-corrected chi connectivity index (χ2v) is 5.85. The molecule has 0 aliphatic rings. The second-order valence-electron chi connectivity index (χ2n) is 4.94. The third kappa shape index (κ3) is 5.13. The Bertz CT molecular complexity index is 382. The van der Waals surface area contributed by atoms with Crippen LogP contribution in [0.5, 0.6) is 0 Å². The zero-order valence-electron chi connectivity index (χ0n) is 12.3. The molecule has 0 spiro atoms. The predicted molar refractivity (Wildman–Crippen MR) is 85.9 cm³/mol. The molecule has 0 amide bonds. The van der Waals surface area contributed by atoms with Crippen LogP contribution < -0.4 is 5.32 Å². The lowest BCUT2D eigenvalue weighted by atomic mass is 10.1. The highest BCUT2D eigenvalue weighted by molar-refractivity contribution is 9.10. The molecule has 1 atom stereocenters. The van der Waals surface area contributed by atoms with Gasteiger partial charge in [-0.1, -0.05) is 29.8 Å². The first kappa shape index (κ1) is 16.5. The number of hydrogen-bond donors (Lipinski definition) is 2. The Morgan fingerprint density at radius 3 is 2.21 bits per heavy atom. The molecule has 0 saturated heterocycles. The number of aliphatic hydroxyl groups excluding tert-OH is 1. The zero-order chi connectivity index (χ0) is 14.4. The summed E-state index contributed by atoms with van der Waals surface area (Å²) >= 11 is 3.49. The summed E-state index contributed by atoms with van der Waals surface area (Å²) in [5.74, 6) is 0. The van der Waals surface area contributed by atoms with Gasteiger partial charge in [0, 0.05) is 23.2 Å². The van der Waals surface area contributed by atoms with Crippen molar-refractivity contribution in [3.63, 3.8) is 0 Å². The molecule has 0 heterocycles. The molecular formula is C15H25BrN2O. The molecule has 108 valence electrons. The normalized spacial score (nSPS) is 12.8. The minimum Gasteiger partial charge on any atom is -0.390 e. The number of likely N-dealkylation sites (N-methyl/N-ethyl adjacent to an activating group) is 1. The Morgan fingerprint density at radius 1 is 1.21 bits per heavy atom. The van der Waals surface area contributed by atoms with Crippen molar-refractivity contribution in [2.45, 2.75) is 33.8 Å². The van der Waals surface area contributed by atoms with Crippen molar-refractivity contribution in [1.82, 2.24) is 4.90 Å². The van der Waals surface area contributed by atoms with Gasteiger partial charge in [-0.3, -0.25) is 0 Å². The predicted octanol–water partition coefficient (Wildman–Crippen LogP) is 3.18. The van der Waals surface area contributed by atoms with E-state index in [2.05, 4.69) is 66.0 Å². The van der Waals surface area contributed by atoms with E-state index in [-0.39, 0.29) is 6.10 Å². The standard InChI is InChI=1S/C15H25BrN2O/c1-5-18(6-2)10-14(19)9-17-15-11(3)7-13(16)8-12(15)4/h7-8,14,17,19H,5-6,9-10H2,1-4H3. The molecule has 1 rings (SSSR count). The van der Waals surface area contributed by atoms with Crippen LogP contribution in [0.15, 0.2) is 16.6 Å². The van der Waals surface area contributed by atoms with Gasteiger partial charge in [0.2, 0.25) is 0 Å². The minimum absolute atomic E-state index is 0.345. The van der Waals surface area contributed by atoms with Crippen LogP contribution in [0.4, 0.5) is 5.69 Å². The van der Waals surface area contributed by atoms with Gasteiger partial charge in [0.15, 0.2) is 0 Å². The molecular weight excluding hydrogens is 304 g/mol. The maximum absolute atomic E-state index is 10.1. The molecule has 0 bridgehead atoms. The second kappa shape index (κ2) is 7.88. The summed E-state index contributed by atoms with van der Waals surface area (Å²) in [5, 5.41) is 13.4. The lowest BCUT2D eigenvalue weighted by Gasteiger charge is -2.23. The van der Waals surface area contributed by atoms with E-state index in [1.807, 2.05) is 0 Å². The van der Waals surface area contributed by atoms with Crippen LogP contribution in [-0.4, -0.2) is 42.3 Å². The molecule has 0 saturated carbocycles. The molecule has 0 aliphatic carbocycles. The Kier molecular flexibility index (Phi) is 6.83. The van der Waals surface area contributed by atoms with Crippen LogP contribution in [0, 0.1) is 13.8 Å². The van der Waals surface area contributed by atoms with Gasteiger partial charge in [0.25, 0.3) is 0 Å². The van der Waals surface area contributed by atoms with E-state index in [4.69, 9.17) is 0 Å². The first-order chi connectivity index (χ1) is 8.97. The van der Waals surface area contributed by atoms with Crippen LogP contribution in [0.2, 0.25) is 0 Å². The Balaban J connectivity index is 2.57. The third-order valence-corrected chi connectivity index (χ3v) is 3.83. The number of nitrogens with one attached hydrogen (secondary N) is 1. The Hall–Kier alpha value is -0.580. The molecule has 1 unspecified atom stereocenters. The smallest absolute Gasteiger partial charge is 0.0839 e. The van der Waals surface area contributed by atoms with Crippen LogP contribution in [0.3, 0.4) is 0 Å². The number of aryl methyl sites for hydroxylation is 2. The Morgan fingerprint density at radius 2 is 1.74 bits per heavy atom. The summed E-state index contributed by atoms with van der Waals surface area (Å²) in [6.45, 7) is 11.6. The zero-order valence-corrected chi connectivity index (χ0v) is 13.9. The lowest BCUT2D eigenvalue weighted by molar-refractivity contribution is 0.128. The number of rotatable bonds is 7. The van der Waals surface area contributed by atoms with Crippen molar-refractivity contribution in [1.29, 1.82) is 0 Å². The fraction of sp³-hybridized carbons (Fsp3) is 0.600. The van der Waals surface area contributed by atoms with Crippen molar-refractivity contribution >= 4 is 21.6 Å². The molecule has 1 aromatic carbocycles. The highest BCUT2D eigenvalue weighted by Crippen LogP contribution is 2.24. The summed E-state index contributed by atoms with van der Waals surface area (Å²) in [5.41, 5.74) is 3.52. The molecule has 1 aromatic rings. The number of halogens is 1. The van der Waals surface area contributed by atoms with Gasteiger partial charge in [-0.05, 0) is 50.2 Å². The summed E-state index contributed by atoms with van der Waals surface area (Å²) < 4.78 is 1.09. The molecule has 2 N–H and O–H groups in total. The maximum Gasteiger partial charge on any atom is 0.0839 e. The van der Waals surface area contributed by atoms with Crippen molar-refractivity contribution < 1.29 is 5.11 Å². The lowest BCUT2D eigenvalue weighted by Crippen LogP contribution is -2.36. The molecule has 4 heteroatoms. The van der Waals surface area contributed by atoms with Crippen LogP contribution in [-0.2, 0) is 0 Å². The fourth-order valence-corrected chi connectivity index (χ4v) is 2.94. The van der Waals surface area contributed by atoms with Crippen LogP contribution in [0.25, 0.3) is 0 Å². The summed E-state index contributed by atoms with van der Waals surface area (Å²) in [7, 11) is 0. The van der Waals surface area contributed by atoms with E-state index in [0.29, 0.717) is 13.1 Å². The molecule has 3 nitrogen and oxygen atoms in total. The van der Waals surface area contributed by atoms with Gasteiger partial charge in [0.05, 0.1) is 6.10 Å². The molecule has 0 radical (unpaired) electrons. The number of hydrogen-bond acceptors (Lipinski definition) is 3. The third-order valence-electron chi connectivity index (χ3n) is 3.38. The molecule has 19 heavy (non-hydrogen) atoms. The largest absolute Gasteiger partial charge is 0.390 e. The fourth-order valence-electron chi connectivity index (χ4n) is 2.25. The minimum atomic E-state index is -0.345. The molecule has 0 fully saturated rings.